The fourth-order valence-corrected chi connectivity index (χ4v) is 4.05. The van der Waals surface area contributed by atoms with E-state index in [9.17, 15) is 4.57 Å². The molecular weight excluding hydrogens is 449 g/mol. The average Bonchev–Trinajstić information content (AvgIpc) is 2.64. The summed E-state index contributed by atoms with van der Waals surface area (Å²) in [6.07, 6.45) is 6.06. The molecule has 2 heterocycles. The van der Waals surface area contributed by atoms with Crippen LogP contribution < -0.4 is 10.6 Å². The third kappa shape index (κ3) is 4.72. The molecule has 0 spiro atoms. The van der Waals surface area contributed by atoms with E-state index in [4.69, 9.17) is 11.6 Å². The SMILES string of the molecule is CCc1cnc(-c2ccc(Nc3nc(Cl)ncc3Br)c(P(C)(C)=O)c2)nc1. The molecule has 140 valence electrons. The van der Waals surface area contributed by atoms with Crippen LogP contribution in [-0.2, 0) is 11.0 Å². The van der Waals surface area contributed by atoms with Gasteiger partial charge in [0.15, 0.2) is 5.82 Å². The third-order valence-corrected chi connectivity index (χ3v) is 6.21. The monoisotopic (exact) mass is 465 g/mol. The molecule has 0 bridgehead atoms. The largest absolute Gasteiger partial charge is 0.339 e. The first-order valence-corrected chi connectivity index (χ1v) is 12.0. The fourth-order valence-electron chi connectivity index (χ4n) is 2.47. The van der Waals surface area contributed by atoms with Gasteiger partial charge >= 0.3 is 0 Å². The number of anilines is 2. The Hall–Kier alpha value is -1.82. The van der Waals surface area contributed by atoms with Crippen LogP contribution in [0.4, 0.5) is 11.5 Å². The standard InChI is InChI=1S/C18H18BrClN5OP/c1-4-11-8-21-16(22-9-11)12-5-6-14(15(7-12)27(2,3)26)24-17-13(19)10-23-18(20)25-17/h5-10H,4H2,1-3H3,(H,23,24,25). The Morgan fingerprint density at radius 3 is 2.48 bits per heavy atom. The Bertz CT molecular complexity index is 1020. The van der Waals surface area contributed by atoms with Crippen molar-refractivity contribution in [2.45, 2.75) is 13.3 Å². The van der Waals surface area contributed by atoms with Crippen LogP contribution in [0.1, 0.15) is 12.5 Å². The van der Waals surface area contributed by atoms with Gasteiger partial charge in [-0.3, -0.25) is 0 Å². The lowest BCUT2D eigenvalue weighted by Crippen LogP contribution is -2.11. The highest BCUT2D eigenvalue weighted by Gasteiger charge is 2.19. The van der Waals surface area contributed by atoms with Crippen molar-refractivity contribution < 1.29 is 4.57 Å². The van der Waals surface area contributed by atoms with E-state index in [-0.39, 0.29) is 5.28 Å². The molecule has 0 radical (unpaired) electrons. The number of hydrogen-bond acceptors (Lipinski definition) is 6. The summed E-state index contributed by atoms with van der Waals surface area (Å²) in [5.74, 6) is 1.10. The number of hydrogen-bond donors (Lipinski definition) is 1. The van der Waals surface area contributed by atoms with Crippen molar-refractivity contribution in [2.24, 2.45) is 0 Å². The van der Waals surface area contributed by atoms with Crippen molar-refractivity contribution in [2.75, 3.05) is 18.6 Å². The number of halogens is 2. The molecule has 9 heteroatoms. The second kappa shape index (κ2) is 8.05. The summed E-state index contributed by atoms with van der Waals surface area (Å²) in [6, 6.07) is 5.60. The highest BCUT2D eigenvalue weighted by Crippen LogP contribution is 2.40. The summed E-state index contributed by atoms with van der Waals surface area (Å²) >= 11 is 9.28. The summed E-state index contributed by atoms with van der Waals surface area (Å²) in [5.41, 5.74) is 2.56. The lowest BCUT2D eigenvalue weighted by Gasteiger charge is -2.17. The number of rotatable bonds is 5. The summed E-state index contributed by atoms with van der Waals surface area (Å²) in [7, 11) is -2.59. The summed E-state index contributed by atoms with van der Waals surface area (Å²) in [6.45, 7) is 5.50. The molecule has 27 heavy (non-hydrogen) atoms. The van der Waals surface area contributed by atoms with Gasteiger partial charge in [0.2, 0.25) is 5.28 Å². The van der Waals surface area contributed by atoms with Crippen molar-refractivity contribution in [3.63, 3.8) is 0 Å². The van der Waals surface area contributed by atoms with Gasteiger partial charge in [-0.25, -0.2) is 15.0 Å². The highest BCUT2D eigenvalue weighted by molar-refractivity contribution is 9.10. The van der Waals surface area contributed by atoms with Crippen LogP contribution in [0.2, 0.25) is 5.28 Å². The molecule has 2 aromatic heterocycles. The van der Waals surface area contributed by atoms with Crippen LogP contribution in [0.3, 0.4) is 0 Å². The molecule has 0 aliphatic rings. The molecule has 3 rings (SSSR count). The predicted molar refractivity (Wildman–Crippen MR) is 114 cm³/mol. The zero-order valence-electron chi connectivity index (χ0n) is 15.1. The summed E-state index contributed by atoms with van der Waals surface area (Å²) < 4.78 is 13.6. The Labute approximate surface area is 171 Å². The number of nitrogens with one attached hydrogen (secondary N) is 1. The third-order valence-electron chi connectivity index (χ3n) is 3.92. The van der Waals surface area contributed by atoms with Gasteiger partial charge in [-0.2, -0.15) is 4.98 Å². The van der Waals surface area contributed by atoms with Crippen LogP contribution >= 0.6 is 34.7 Å². The molecule has 6 nitrogen and oxygen atoms in total. The van der Waals surface area contributed by atoms with Gasteiger partial charge in [-0.05, 0) is 71.0 Å². The van der Waals surface area contributed by atoms with E-state index in [0.717, 1.165) is 17.5 Å². The second-order valence-corrected chi connectivity index (χ2v) is 10.7. The van der Waals surface area contributed by atoms with E-state index in [1.807, 2.05) is 30.6 Å². The Morgan fingerprint density at radius 1 is 1.15 bits per heavy atom. The lowest BCUT2D eigenvalue weighted by atomic mass is 10.2. The van der Waals surface area contributed by atoms with E-state index >= 15 is 0 Å². The molecule has 0 aliphatic heterocycles. The smallest absolute Gasteiger partial charge is 0.224 e. The molecule has 0 saturated heterocycles. The van der Waals surface area contributed by atoms with Crippen molar-refractivity contribution >= 4 is 51.5 Å². The number of aromatic nitrogens is 4. The van der Waals surface area contributed by atoms with Gasteiger partial charge < -0.3 is 9.88 Å². The van der Waals surface area contributed by atoms with E-state index < -0.39 is 7.14 Å². The molecular formula is C18H18BrClN5OP. The second-order valence-electron chi connectivity index (χ2n) is 6.31. The first-order valence-electron chi connectivity index (χ1n) is 8.24. The first-order chi connectivity index (χ1) is 12.8. The van der Waals surface area contributed by atoms with Gasteiger partial charge in [0, 0.05) is 29.5 Å². The van der Waals surface area contributed by atoms with Gasteiger partial charge in [-0.15, -0.1) is 0 Å². The van der Waals surface area contributed by atoms with Crippen LogP contribution in [-0.4, -0.2) is 33.3 Å². The minimum atomic E-state index is -2.59. The van der Waals surface area contributed by atoms with Crippen molar-refractivity contribution in [3.05, 3.63) is 52.1 Å². The molecule has 1 aromatic carbocycles. The van der Waals surface area contributed by atoms with Gasteiger partial charge in [0.05, 0.1) is 10.2 Å². The quantitative estimate of drug-likeness (QED) is 0.425. The Balaban J connectivity index is 2.04. The number of aryl methyl sites for hydroxylation is 1. The van der Waals surface area contributed by atoms with Crippen molar-refractivity contribution in [3.8, 4) is 11.4 Å². The van der Waals surface area contributed by atoms with Crippen molar-refractivity contribution in [1.29, 1.82) is 0 Å². The predicted octanol–water partition coefficient (Wildman–Crippen LogP) is 4.90. The van der Waals surface area contributed by atoms with Gasteiger partial charge in [-0.1, -0.05) is 6.92 Å². The molecule has 0 fully saturated rings. The molecule has 1 N–H and O–H groups in total. The number of nitrogens with zero attached hydrogens (tertiary/aromatic N) is 4. The normalized spacial score (nSPS) is 11.4. The average molecular weight is 467 g/mol. The minimum absolute atomic E-state index is 0.125. The highest BCUT2D eigenvalue weighted by atomic mass is 79.9. The molecule has 0 atom stereocenters. The minimum Gasteiger partial charge on any atom is -0.339 e. The zero-order valence-corrected chi connectivity index (χ0v) is 18.3. The fraction of sp³-hybridized carbons (Fsp3) is 0.222. The van der Waals surface area contributed by atoms with Gasteiger partial charge in [0.1, 0.15) is 13.0 Å². The maximum Gasteiger partial charge on any atom is 0.224 e. The Morgan fingerprint density at radius 2 is 1.85 bits per heavy atom. The summed E-state index contributed by atoms with van der Waals surface area (Å²) in [4.78, 5) is 16.9. The Kier molecular flexibility index (Phi) is 5.94. The van der Waals surface area contributed by atoms with E-state index in [1.165, 1.54) is 0 Å². The van der Waals surface area contributed by atoms with Crippen LogP contribution in [0.5, 0.6) is 0 Å². The van der Waals surface area contributed by atoms with E-state index in [2.05, 4.69) is 48.1 Å². The van der Waals surface area contributed by atoms with Gasteiger partial charge in [0.25, 0.3) is 0 Å². The maximum absolute atomic E-state index is 12.9. The first kappa shape index (κ1) is 19.9. The molecule has 0 unspecified atom stereocenters. The molecule has 0 saturated carbocycles. The molecule has 0 amide bonds. The maximum atomic E-state index is 12.9. The molecule has 3 aromatic rings. The summed E-state index contributed by atoms with van der Waals surface area (Å²) in [5, 5.41) is 4.00. The lowest BCUT2D eigenvalue weighted by molar-refractivity contribution is 0.588. The van der Waals surface area contributed by atoms with Crippen molar-refractivity contribution in [1.82, 2.24) is 19.9 Å². The number of benzene rings is 1. The van der Waals surface area contributed by atoms with Crippen LogP contribution in [0.25, 0.3) is 11.4 Å². The van der Waals surface area contributed by atoms with Crippen LogP contribution in [0.15, 0.2) is 41.3 Å². The topological polar surface area (TPSA) is 80.7 Å². The van der Waals surface area contributed by atoms with E-state index in [1.54, 1.807) is 19.5 Å². The van der Waals surface area contributed by atoms with E-state index in [0.29, 0.717) is 27.1 Å². The molecule has 0 aliphatic carbocycles. The zero-order chi connectivity index (χ0) is 19.6. The van der Waals surface area contributed by atoms with Crippen LogP contribution in [0, 0.1) is 0 Å².